The van der Waals surface area contributed by atoms with Gasteiger partial charge in [-0.1, -0.05) is 0 Å². The highest BCUT2D eigenvalue weighted by Crippen LogP contribution is 2.26. The van der Waals surface area contributed by atoms with Crippen LogP contribution in [0, 0.1) is 0 Å². The maximum atomic E-state index is 12.6. The fourth-order valence-corrected chi connectivity index (χ4v) is 0.928. The van der Waals surface area contributed by atoms with Gasteiger partial charge in [0.1, 0.15) is 6.10 Å². The number of rotatable bonds is 7. The summed E-state index contributed by atoms with van der Waals surface area (Å²) in [6.45, 7) is 0.651. The summed E-state index contributed by atoms with van der Waals surface area (Å²) >= 11 is 0. The van der Waals surface area contributed by atoms with Crippen molar-refractivity contribution in [2.75, 3.05) is 19.8 Å². The van der Waals surface area contributed by atoms with Gasteiger partial charge in [0.2, 0.25) is 6.43 Å². The Hall–Kier alpha value is -0.360. The predicted molar refractivity (Wildman–Crippen MR) is 40.7 cm³/mol. The Balaban J connectivity index is 2.01. The Morgan fingerprint density at radius 3 is 2.57 bits per heavy atom. The summed E-state index contributed by atoms with van der Waals surface area (Å²) in [6.07, 6.45) is -5.02. The highest BCUT2D eigenvalue weighted by atomic mass is 19.3. The average Bonchev–Trinajstić information content (AvgIpc) is 2.78. The minimum atomic E-state index is -3.33. The normalized spacial score (nSPS) is 21.6. The molecule has 14 heavy (non-hydrogen) atoms. The molecular formula is C8H12F4O2. The van der Waals surface area contributed by atoms with Gasteiger partial charge < -0.3 is 9.47 Å². The molecule has 0 amide bonds. The van der Waals surface area contributed by atoms with E-state index in [9.17, 15) is 17.6 Å². The molecule has 6 heteroatoms. The average molecular weight is 216 g/mol. The third-order valence-electron chi connectivity index (χ3n) is 1.77. The molecule has 1 unspecified atom stereocenters. The van der Waals surface area contributed by atoms with Crippen molar-refractivity contribution in [3.05, 3.63) is 0 Å². The highest BCUT2D eigenvalue weighted by Gasteiger charge is 2.33. The van der Waals surface area contributed by atoms with Crippen LogP contribution in [0.3, 0.4) is 0 Å². The SMILES string of the molecule is FC(F)CC(F)(F)CCOCC1CO1. The number of hydrogen-bond donors (Lipinski definition) is 0. The van der Waals surface area contributed by atoms with E-state index in [1.165, 1.54) is 0 Å². The Morgan fingerprint density at radius 1 is 1.43 bits per heavy atom. The van der Waals surface area contributed by atoms with Crippen LogP contribution >= 0.6 is 0 Å². The Labute approximate surface area is 79.2 Å². The molecule has 84 valence electrons. The molecule has 1 aliphatic heterocycles. The molecule has 0 saturated carbocycles. The van der Waals surface area contributed by atoms with Crippen LogP contribution < -0.4 is 0 Å². The quantitative estimate of drug-likeness (QED) is 0.369. The van der Waals surface area contributed by atoms with Crippen molar-refractivity contribution in [3.8, 4) is 0 Å². The molecule has 0 aliphatic carbocycles. The number of epoxide rings is 1. The molecule has 0 aromatic rings. The third kappa shape index (κ3) is 5.39. The zero-order chi connectivity index (χ0) is 10.6. The zero-order valence-corrected chi connectivity index (χ0v) is 7.52. The first-order valence-electron chi connectivity index (χ1n) is 4.35. The van der Waals surface area contributed by atoms with Crippen LogP contribution in [0.25, 0.3) is 0 Å². The van der Waals surface area contributed by atoms with E-state index >= 15 is 0 Å². The third-order valence-corrected chi connectivity index (χ3v) is 1.77. The van der Waals surface area contributed by atoms with E-state index in [0.29, 0.717) is 6.61 Å². The Morgan fingerprint density at radius 2 is 2.07 bits per heavy atom. The van der Waals surface area contributed by atoms with Crippen LogP contribution in [0.15, 0.2) is 0 Å². The van der Waals surface area contributed by atoms with Crippen LogP contribution in [0.5, 0.6) is 0 Å². The van der Waals surface area contributed by atoms with Crippen molar-refractivity contribution in [1.82, 2.24) is 0 Å². The van der Waals surface area contributed by atoms with Gasteiger partial charge in [-0.2, -0.15) is 0 Å². The number of alkyl halides is 4. The lowest BCUT2D eigenvalue weighted by atomic mass is 10.2. The smallest absolute Gasteiger partial charge is 0.255 e. The van der Waals surface area contributed by atoms with Crippen LogP contribution in [0.2, 0.25) is 0 Å². The fraction of sp³-hybridized carbons (Fsp3) is 1.00. The fourth-order valence-electron chi connectivity index (χ4n) is 0.928. The largest absolute Gasteiger partial charge is 0.378 e. The number of ether oxygens (including phenoxy) is 2. The monoisotopic (exact) mass is 216 g/mol. The van der Waals surface area contributed by atoms with E-state index in [1.54, 1.807) is 0 Å². The second-order valence-corrected chi connectivity index (χ2v) is 3.23. The van der Waals surface area contributed by atoms with Gasteiger partial charge in [-0.15, -0.1) is 0 Å². The predicted octanol–water partition coefficient (Wildman–Crippen LogP) is 2.08. The lowest BCUT2D eigenvalue weighted by Crippen LogP contribution is -2.22. The Kier molecular flexibility index (Phi) is 4.12. The van der Waals surface area contributed by atoms with E-state index < -0.39 is 25.2 Å². The first-order valence-corrected chi connectivity index (χ1v) is 4.35. The van der Waals surface area contributed by atoms with Crippen LogP contribution in [-0.4, -0.2) is 38.3 Å². The van der Waals surface area contributed by atoms with Gasteiger partial charge in [-0.3, -0.25) is 0 Å². The molecule has 0 N–H and O–H groups in total. The van der Waals surface area contributed by atoms with Gasteiger partial charge >= 0.3 is 0 Å². The maximum absolute atomic E-state index is 12.6. The van der Waals surface area contributed by atoms with Gasteiger partial charge in [0.05, 0.1) is 26.2 Å². The second-order valence-electron chi connectivity index (χ2n) is 3.23. The van der Waals surface area contributed by atoms with Gasteiger partial charge in [-0.25, -0.2) is 17.6 Å². The van der Waals surface area contributed by atoms with E-state index in [4.69, 9.17) is 9.47 Å². The Bertz CT molecular complexity index is 171. The van der Waals surface area contributed by atoms with Gasteiger partial charge in [0, 0.05) is 6.42 Å². The van der Waals surface area contributed by atoms with Crippen LogP contribution in [0.1, 0.15) is 12.8 Å². The molecule has 1 fully saturated rings. The molecule has 0 spiro atoms. The lowest BCUT2D eigenvalue weighted by molar-refractivity contribution is -0.0750. The minimum absolute atomic E-state index is 0.0127. The molecular weight excluding hydrogens is 204 g/mol. The van der Waals surface area contributed by atoms with Crippen molar-refractivity contribution in [1.29, 1.82) is 0 Å². The maximum Gasteiger partial charge on any atom is 0.255 e. The summed E-state index contributed by atoms with van der Waals surface area (Å²) in [4.78, 5) is 0. The van der Waals surface area contributed by atoms with Crippen molar-refractivity contribution in [2.24, 2.45) is 0 Å². The van der Waals surface area contributed by atoms with E-state index in [2.05, 4.69) is 0 Å². The zero-order valence-electron chi connectivity index (χ0n) is 7.52. The molecule has 0 radical (unpaired) electrons. The molecule has 0 aromatic heterocycles. The summed E-state index contributed by atoms with van der Waals surface area (Å²) in [5.41, 5.74) is 0. The van der Waals surface area contributed by atoms with Crippen LogP contribution in [0.4, 0.5) is 17.6 Å². The molecule has 1 rings (SSSR count). The van der Waals surface area contributed by atoms with E-state index in [0.717, 1.165) is 0 Å². The number of halogens is 4. The molecule has 0 bridgehead atoms. The molecule has 1 heterocycles. The van der Waals surface area contributed by atoms with Gasteiger partial charge in [-0.05, 0) is 0 Å². The van der Waals surface area contributed by atoms with Crippen molar-refractivity contribution >= 4 is 0 Å². The van der Waals surface area contributed by atoms with Crippen molar-refractivity contribution in [2.45, 2.75) is 31.3 Å². The van der Waals surface area contributed by atoms with E-state index in [-0.39, 0.29) is 19.3 Å². The number of hydrogen-bond acceptors (Lipinski definition) is 2. The topological polar surface area (TPSA) is 21.8 Å². The molecule has 0 aromatic carbocycles. The summed E-state index contributed by atoms with van der Waals surface area (Å²) in [7, 11) is 0. The minimum Gasteiger partial charge on any atom is -0.378 e. The standard InChI is InChI=1S/C8H12F4O2/c9-7(10)3-8(11,12)1-2-13-4-6-5-14-6/h6-7H,1-5H2. The summed E-state index contributed by atoms with van der Waals surface area (Å²) < 4.78 is 58.1. The first-order chi connectivity index (χ1) is 6.49. The molecule has 2 nitrogen and oxygen atoms in total. The van der Waals surface area contributed by atoms with Crippen LogP contribution in [-0.2, 0) is 9.47 Å². The van der Waals surface area contributed by atoms with Gasteiger partial charge in [0.25, 0.3) is 5.92 Å². The first kappa shape index (κ1) is 11.7. The summed E-state index contributed by atoms with van der Waals surface area (Å²) in [5, 5.41) is 0. The second kappa shape index (κ2) is 4.93. The highest BCUT2D eigenvalue weighted by molar-refractivity contribution is 4.69. The van der Waals surface area contributed by atoms with Gasteiger partial charge in [0.15, 0.2) is 0 Å². The van der Waals surface area contributed by atoms with Crippen molar-refractivity contribution in [3.63, 3.8) is 0 Å². The van der Waals surface area contributed by atoms with Crippen molar-refractivity contribution < 1.29 is 27.0 Å². The summed E-state index contributed by atoms with van der Waals surface area (Å²) in [6, 6.07) is 0. The molecule has 1 saturated heterocycles. The molecule has 1 aliphatic rings. The molecule has 1 atom stereocenters. The summed E-state index contributed by atoms with van der Waals surface area (Å²) in [5.74, 6) is -3.33. The lowest BCUT2D eigenvalue weighted by Gasteiger charge is -2.15. The van der Waals surface area contributed by atoms with E-state index in [1.807, 2.05) is 0 Å².